The van der Waals surface area contributed by atoms with Crippen molar-refractivity contribution in [3.63, 3.8) is 0 Å². The molecule has 1 aliphatic heterocycles. The SMILES string of the molecule is CCCCCCC1C(C)=CN=C(C)C1C. The van der Waals surface area contributed by atoms with Gasteiger partial charge in [0.2, 0.25) is 0 Å². The van der Waals surface area contributed by atoms with Crippen LogP contribution >= 0.6 is 0 Å². The Hall–Kier alpha value is -0.590. The van der Waals surface area contributed by atoms with E-state index in [1.807, 2.05) is 0 Å². The monoisotopic (exact) mass is 207 g/mol. The predicted molar refractivity (Wildman–Crippen MR) is 68.3 cm³/mol. The summed E-state index contributed by atoms with van der Waals surface area (Å²) >= 11 is 0. The lowest BCUT2D eigenvalue weighted by Gasteiger charge is -2.27. The molecule has 0 fully saturated rings. The molecule has 0 aromatic rings. The molecule has 0 spiro atoms. The zero-order chi connectivity index (χ0) is 11.3. The van der Waals surface area contributed by atoms with E-state index in [0.717, 1.165) is 5.92 Å². The Bertz CT molecular complexity index is 250. The van der Waals surface area contributed by atoms with Gasteiger partial charge in [-0.1, -0.05) is 45.1 Å². The normalized spacial score (nSPS) is 26.1. The minimum absolute atomic E-state index is 0.650. The third-order valence-corrected chi connectivity index (χ3v) is 3.69. The lowest BCUT2D eigenvalue weighted by atomic mass is 9.80. The van der Waals surface area contributed by atoms with E-state index in [2.05, 4.69) is 38.9 Å². The number of aliphatic imine (C=N–C) groups is 1. The Morgan fingerprint density at radius 3 is 2.60 bits per heavy atom. The minimum atomic E-state index is 0.650. The number of nitrogens with zero attached hydrogens (tertiary/aromatic N) is 1. The number of unbranched alkanes of at least 4 members (excludes halogenated alkanes) is 3. The van der Waals surface area contributed by atoms with E-state index in [9.17, 15) is 0 Å². The lowest BCUT2D eigenvalue weighted by Crippen LogP contribution is -2.22. The van der Waals surface area contributed by atoms with E-state index in [1.54, 1.807) is 0 Å². The molecule has 86 valence electrons. The van der Waals surface area contributed by atoms with Gasteiger partial charge in [0, 0.05) is 17.8 Å². The second kappa shape index (κ2) is 6.09. The Morgan fingerprint density at radius 1 is 1.20 bits per heavy atom. The maximum absolute atomic E-state index is 4.44. The predicted octanol–water partition coefficient (Wildman–Crippen LogP) is 4.59. The molecule has 0 aromatic heterocycles. The first kappa shape index (κ1) is 12.5. The summed E-state index contributed by atoms with van der Waals surface area (Å²) in [7, 11) is 0. The van der Waals surface area contributed by atoms with Gasteiger partial charge in [0.05, 0.1) is 0 Å². The molecule has 2 atom stereocenters. The van der Waals surface area contributed by atoms with Crippen LogP contribution in [0.5, 0.6) is 0 Å². The van der Waals surface area contributed by atoms with E-state index in [4.69, 9.17) is 0 Å². The molecular formula is C14H25N. The molecule has 15 heavy (non-hydrogen) atoms. The molecule has 0 amide bonds. The lowest BCUT2D eigenvalue weighted by molar-refractivity contribution is 0.438. The van der Waals surface area contributed by atoms with Gasteiger partial charge in [-0.15, -0.1) is 0 Å². The largest absolute Gasteiger partial charge is 0.266 e. The van der Waals surface area contributed by atoms with E-state index in [1.165, 1.54) is 43.4 Å². The topological polar surface area (TPSA) is 12.4 Å². The van der Waals surface area contributed by atoms with Gasteiger partial charge in [0.1, 0.15) is 0 Å². The van der Waals surface area contributed by atoms with Gasteiger partial charge in [0.25, 0.3) is 0 Å². The summed E-state index contributed by atoms with van der Waals surface area (Å²) in [4.78, 5) is 4.44. The summed E-state index contributed by atoms with van der Waals surface area (Å²) in [5.74, 6) is 1.40. The van der Waals surface area contributed by atoms with Gasteiger partial charge in [-0.05, 0) is 26.2 Å². The number of rotatable bonds is 5. The first-order valence-electron chi connectivity index (χ1n) is 6.37. The fraction of sp³-hybridized carbons (Fsp3) is 0.786. The van der Waals surface area contributed by atoms with Crippen LogP contribution in [0.4, 0.5) is 0 Å². The average molecular weight is 207 g/mol. The zero-order valence-electron chi connectivity index (χ0n) is 10.7. The van der Waals surface area contributed by atoms with Gasteiger partial charge in [0.15, 0.2) is 0 Å². The van der Waals surface area contributed by atoms with Crippen LogP contribution in [-0.2, 0) is 0 Å². The van der Waals surface area contributed by atoms with E-state index >= 15 is 0 Å². The zero-order valence-corrected chi connectivity index (χ0v) is 10.7. The summed E-state index contributed by atoms with van der Waals surface area (Å²) in [5, 5.41) is 0. The molecule has 0 aromatic carbocycles. The highest BCUT2D eigenvalue weighted by Crippen LogP contribution is 2.30. The van der Waals surface area contributed by atoms with Crippen molar-refractivity contribution in [1.29, 1.82) is 0 Å². The quantitative estimate of drug-likeness (QED) is 0.585. The van der Waals surface area contributed by atoms with E-state index in [-0.39, 0.29) is 0 Å². The molecule has 0 saturated carbocycles. The van der Waals surface area contributed by atoms with Gasteiger partial charge in [-0.25, -0.2) is 0 Å². The second-order valence-corrected chi connectivity index (χ2v) is 4.89. The molecule has 0 N–H and O–H groups in total. The van der Waals surface area contributed by atoms with Gasteiger partial charge in [-0.2, -0.15) is 0 Å². The van der Waals surface area contributed by atoms with Crippen LogP contribution in [0.15, 0.2) is 16.8 Å². The van der Waals surface area contributed by atoms with Crippen LogP contribution in [0.3, 0.4) is 0 Å². The average Bonchev–Trinajstić information content (AvgIpc) is 2.23. The molecule has 1 aliphatic rings. The molecule has 0 radical (unpaired) electrons. The second-order valence-electron chi connectivity index (χ2n) is 4.89. The van der Waals surface area contributed by atoms with Crippen LogP contribution in [-0.4, -0.2) is 5.71 Å². The molecular weight excluding hydrogens is 182 g/mol. The summed E-state index contributed by atoms with van der Waals surface area (Å²) < 4.78 is 0. The highest BCUT2D eigenvalue weighted by molar-refractivity contribution is 5.86. The molecule has 1 heteroatoms. The van der Waals surface area contributed by atoms with Gasteiger partial charge >= 0.3 is 0 Å². The fourth-order valence-electron chi connectivity index (χ4n) is 2.37. The minimum Gasteiger partial charge on any atom is -0.266 e. The van der Waals surface area contributed by atoms with Crippen molar-refractivity contribution in [2.75, 3.05) is 0 Å². The first-order chi connectivity index (χ1) is 7.16. The van der Waals surface area contributed by atoms with Crippen molar-refractivity contribution in [3.05, 3.63) is 11.8 Å². The van der Waals surface area contributed by atoms with Gasteiger partial charge in [-0.3, -0.25) is 4.99 Å². The Morgan fingerprint density at radius 2 is 1.93 bits per heavy atom. The Balaban J connectivity index is 2.41. The number of hydrogen-bond acceptors (Lipinski definition) is 1. The van der Waals surface area contributed by atoms with Crippen molar-refractivity contribution < 1.29 is 0 Å². The summed E-state index contributed by atoms with van der Waals surface area (Å²) in [6, 6.07) is 0. The number of hydrogen-bond donors (Lipinski definition) is 0. The summed E-state index contributed by atoms with van der Waals surface area (Å²) in [6.45, 7) is 8.98. The van der Waals surface area contributed by atoms with Crippen LogP contribution in [0.25, 0.3) is 0 Å². The molecule has 2 unspecified atom stereocenters. The third kappa shape index (κ3) is 3.48. The van der Waals surface area contributed by atoms with Crippen LogP contribution in [0, 0.1) is 11.8 Å². The Kier molecular flexibility index (Phi) is 5.07. The molecule has 1 rings (SSSR count). The van der Waals surface area contributed by atoms with Crippen molar-refractivity contribution in [3.8, 4) is 0 Å². The van der Waals surface area contributed by atoms with Crippen molar-refractivity contribution in [2.24, 2.45) is 16.8 Å². The highest BCUT2D eigenvalue weighted by Gasteiger charge is 2.23. The van der Waals surface area contributed by atoms with Crippen molar-refractivity contribution in [1.82, 2.24) is 0 Å². The van der Waals surface area contributed by atoms with Crippen molar-refractivity contribution >= 4 is 5.71 Å². The fourth-order valence-corrected chi connectivity index (χ4v) is 2.37. The molecule has 0 bridgehead atoms. The van der Waals surface area contributed by atoms with E-state index in [0.29, 0.717) is 5.92 Å². The first-order valence-corrected chi connectivity index (χ1v) is 6.37. The smallest absolute Gasteiger partial charge is 0.0259 e. The molecule has 1 nitrogen and oxygen atoms in total. The molecule has 0 aliphatic carbocycles. The van der Waals surface area contributed by atoms with Crippen LogP contribution < -0.4 is 0 Å². The molecule has 1 heterocycles. The highest BCUT2D eigenvalue weighted by atomic mass is 14.7. The van der Waals surface area contributed by atoms with Crippen LogP contribution in [0.1, 0.15) is 59.8 Å². The van der Waals surface area contributed by atoms with Crippen molar-refractivity contribution in [2.45, 2.75) is 59.8 Å². The maximum atomic E-state index is 4.44. The van der Waals surface area contributed by atoms with E-state index < -0.39 is 0 Å². The standard InChI is InChI=1S/C14H25N/c1-5-6-7-8-9-14-11(2)10-15-13(4)12(14)3/h10,12,14H,5-9H2,1-4H3. The summed E-state index contributed by atoms with van der Waals surface area (Å²) in [5.41, 5.74) is 2.78. The number of allylic oxidation sites excluding steroid dienone is 1. The third-order valence-electron chi connectivity index (χ3n) is 3.69. The van der Waals surface area contributed by atoms with Gasteiger partial charge < -0.3 is 0 Å². The maximum Gasteiger partial charge on any atom is 0.0259 e. The summed E-state index contributed by atoms with van der Waals surface area (Å²) in [6.07, 6.45) is 8.90. The van der Waals surface area contributed by atoms with Crippen LogP contribution in [0.2, 0.25) is 0 Å². The molecule has 0 saturated heterocycles. The Labute approximate surface area is 94.7 Å².